The molecule has 3 aromatic carbocycles. The van der Waals surface area contributed by atoms with Crippen molar-refractivity contribution in [1.82, 2.24) is 4.98 Å². The fourth-order valence-electron chi connectivity index (χ4n) is 4.37. The smallest absolute Gasteiger partial charge is 0.0460 e. The summed E-state index contributed by atoms with van der Waals surface area (Å²) >= 11 is 0. The Labute approximate surface area is 128 Å². The van der Waals surface area contributed by atoms with Gasteiger partial charge in [0.15, 0.2) is 0 Å². The third-order valence-electron chi connectivity index (χ3n) is 5.50. The summed E-state index contributed by atoms with van der Waals surface area (Å²) in [6.07, 6.45) is 5.83. The van der Waals surface area contributed by atoms with E-state index in [1.807, 2.05) is 6.20 Å². The van der Waals surface area contributed by atoms with Crippen LogP contribution in [0, 0.1) is 5.92 Å². The zero-order valence-electron chi connectivity index (χ0n) is 12.1. The number of rotatable bonds is 1. The second kappa shape index (κ2) is 3.61. The standard InChI is InChI=1S/C21H15N/c1-2-19(22-9-1)15-6-3-12-4-7-17-18-11-14(18)10-13-5-8-16(15)20(12)21(13)17/h1-10,14,18,22H,11H2. The Hall–Kier alpha value is -2.54. The molecule has 0 bridgehead atoms. The van der Waals surface area contributed by atoms with Gasteiger partial charge in [0.1, 0.15) is 0 Å². The van der Waals surface area contributed by atoms with Gasteiger partial charge in [-0.3, -0.25) is 0 Å². The normalized spacial score (nSPS) is 21.8. The SMILES string of the molecule is C1=c2ccc3c(-c4ccc[nH]4)ccc4ccc(c2c43)C2CC12. The lowest BCUT2D eigenvalue weighted by molar-refractivity contribution is 1.05. The minimum Gasteiger partial charge on any atom is -0.361 e. The van der Waals surface area contributed by atoms with Crippen LogP contribution in [0.3, 0.4) is 0 Å². The lowest BCUT2D eigenvalue weighted by atomic mass is 9.88. The molecule has 1 nitrogen and oxygen atoms in total. The van der Waals surface area contributed by atoms with Crippen LogP contribution in [0.25, 0.3) is 38.9 Å². The lowest BCUT2D eigenvalue weighted by Crippen LogP contribution is -2.09. The van der Waals surface area contributed by atoms with Crippen molar-refractivity contribution in [2.24, 2.45) is 5.92 Å². The van der Waals surface area contributed by atoms with Crippen LogP contribution in [-0.2, 0) is 0 Å². The van der Waals surface area contributed by atoms with Gasteiger partial charge in [0.25, 0.3) is 0 Å². The van der Waals surface area contributed by atoms with Crippen LogP contribution in [0.4, 0.5) is 0 Å². The largest absolute Gasteiger partial charge is 0.361 e. The number of nitrogens with one attached hydrogen (secondary N) is 1. The first-order valence-corrected chi connectivity index (χ1v) is 8.04. The van der Waals surface area contributed by atoms with E-state index in [1.165, 1.54) is 44.4 Å². The van der Waals surface area contributed by atoms with E-state index in [0.717, 1.165) is 11.8 Å². The van der Waals surface area contributed by atoms with Crippen molar-refractivity contribution in [2.75, 3.05) is 0 Å². The summed E-state index contributed by atoms with van der Waals surface area (Å²) in [5.74, 6) is 1.56. The monoisotopic (exact) mass is 281 g/mol. The van der Waals surface area contributed by atoms with E-state index < -0.39 is 0 Å². The van der Waals surface area contributed by atoms with Gasteiger partial charge in [0.05, 0.1) is 0 Å². The molecule has 104 valence electrons. The number of fused-ring (bicyclic) bond motifs is 2. The van der Waals surface area contributed by atoms with Crippen LogP contribution in [0.15, 0.2) is 54.7 Å². The molecule has 1 fully saturated rings. The summed E-state index contributed by atoms with van der Waals surface area (Å²) in [4.78, 5) is 3.36. The predicted octanol–water partition coefficient (Wildman–Crippen LogP) is 4.60. The number of aromatic nitrogens is 1. The highest BCUT2D eigenvalue weighted by atomic mass is 14.7. The van der Waals surface area contributed by atoms with Crippen molar-refractivity contribution in [1.29, 1.82) is 0 Å². The highest BCUT2D eigenvalue weighted by Gasteiger charge is 2.39. The minimum atomic E-state index is 0.775. The molecule has 1 aromatic heterocycles. The molecule has 0 spiro atoms. The van der Waals surface area contributed by atoms with Crippen molar-refractivity contribution in [2.45, 2.75) is 12.3 Å². The first-order valence-electron chi connectivity index (χ1n) is 8.04. The predicted molar refractivity (Wildman–Crippen MR) is 91.8 cm³/mol. The molecule has 0 radical (unpaired) electrons. The number of H-pyrrole nitrogens is 1. The van der Waals surface area contributed by atoms with Gasteiger partial charge in [-0.25, -0.2) is 0 Å². The van der Waals surface area contributed by atoms with E-state index >= 15 is 0 Å². The van der Waals surface area contributed by atoms with E-state index in [1.54, 1.807) is 5.56 Å². The van der Waals surface area contributed by atoms with Crippen molar-refractivity contribution >= 4 is 27.6 Å². The Balaban J connectivity index is 1.86. The highest BCUT2D eigenvalue weighted by molar-refractivity contribution is 6.16. The van der Waals surface area contributed by atoms with Gasteiger partial charge < -0.3 is 4.98 Å². The van der Waals surface area contributed by atoms with Gasteiger partial charge in [0.2, 0.25) is 0 Å². The summed E-state index contributed by atoms with van der Waals surface area (Å²) in [6, 6.07) is 18.1. The van der Waals surface area contributed by atoms with Crippen LogP contribution in [0.2, 0.25) is 0 Å². The molecular formula is C21H15N. The third kappa shape index (κ3) is 1.25. The van der Waals surface area contributed by atoms with E-state index in [0.29, 0.717) is 0 Å². The topological polar surface area (TPSA) is 15.8 Å². The van der Waals surface area contributed by atoms with Crippen LogP contribution in [0.1, 0.15) is 17.9 Å². The van der Waals surface area contributed by atoms with E-state index in [2.05, 4.69) is 59.6 Å². The Kier molecular flexibility index (Phi) is 1.82. The summed E-state index contributed by atoms with van der Waals surface area (Å²) in [5.41, 5.74) is 4.08. The summed E-state index contributed by atoms with van der Waals surface area (Å²) < 4.78 is 0. The molecule has 1 N–H and O–H groups in total. The molecule has 2 unspecified atom stereocenters. The van der Waals surface area contributed by atoms with Gasteiger partial charge >= 0.3 is 0 Å². The summed E-state index contributed by atoms with van der Waals surface area (Å²) in [5, 5.41) is 7.12. The van der Waals surface area contributed by atoms with Crippen LogP contribution in [0.5, 0.6) is 0 Å². The minimum absolute atomic E-state index is 0.775. The van der Waals surface area contributed by atoms with Gasteiger partial charge in [-0.15, -0.1) is 0 Å². The quantitative estimate of drug-likeness (QED) is 0.524. The molecule has 6 rings (SSSR count). The Bertz CT molecular complexity index is 1100. The lowest BCUT2D eigenvalue weighted by Gasteiger charge is -2.16. The van der Waals surface area contributed by atoms with Gasteiger partial charge in [-0.2, -0.15) is 0 Å². The third-order valence-corrected chi connectivity index (χ3v) is 5.50. The molecule has 4 aromatic rings. The van der Waals surface area contributed by atoms with Gasteiger partial charge in [-0.1, -0.05) is 42.5 Å². The average Bonchev–Trinajstić information content (AvgIpc) is 3.13. The van der Waals surface area contributed by atoms with Gasteiger partial charge in [-0.05, 0) is 62.7 Å². The highest BCUT2D eigenvalue weighted by Crippen LogP contribution is 2.53. The summed E-state index contributed by atoms with van der Waals surface area (Å²) in [6.45, 7) is 0. The number of hydrogen-bond acceptors (Lipinski definition) is 0. The van der Waals surface area contributed by atoms with Crippen molar-refractivity contribution in [3.63, 3.8) is 0 Å². The molecule has 1 heterocycles. The summed E-state index contributed by atoms with van der Waals surface area (Å²) in [7, 11) is 0. The molecule has 2 atom stereocenters. The first-order chi connectivity index (χ1) is 10.9. The van der Waals surface area contributed by atoms with Gasteiger partial charge in [0, 0.05) is 17.5 Å². The molecule has 22 heavy (non-hydrogen) atoms. The van der Waals surface area contributed by atoms with Crippen LogP contribution < -0.4 is 5.22 Å². The maximum Gasteiger partial charge on any atom is 0.0460 e. The van der Waals surface area contributed by atoms with Crippen molar-refractivity contribution in [3.05, 3.63) is 65.5 Å². The van der Waals surface area contributed by atoms with Crippen molar-refractivity contribution < 1.29 is 0 Å². The van der Waals surface area contributed by atoms with E-state index in [9.17, 15) is 0 Å². The fourth-order valence-corrected chi connectivity index (χ4v) is 4.37. The first kappa shape index (κ1) is 11.1. The maximum absolute atomic E-state index is 3.36. The zero-order chi connectivity index (χ0) is 14.3. The molecule has 0 saturated heterocycles. The number of aromatic amines is 1. The van der Waals surface area contributed by atoms with Crippen LogP contribution >= 0.6 is 0 Å². The Morgan fingerprint density at radius 1 is 0.909 bits per heavy atom. The van der Waals surface area contributed by atoms with E-state index in [-0.39, 0.29) is 0 Å². The van der Waals surface area contributed by atoms with Crippen LogP contribution in [-0.4, -0.2) is 4.98 Å². The maximum atomic E-state index is 3.36. The number of hydrogen-bond donors (Lipinski definition) is 1. The molecule has 0 amide bonds. The molecule has 0 aliphatic heterocycles. The Morgan fingerprint density at radius 3 is 2.77 bits per heavy atom. The molecule has 1 saturated carbocycles. The second-order valence-electron chi connectivity index (χ2n) is 6.70. The second-order valence-corrected chi connectivity index (χ2v) is 6.70. The molecular weight excluding hydrogens is 266 g/mol. The zero-order valence-corrected chi connectivity index (χ0v) is 12.1. The average molecular weight is 281 g/mol. The number of benzene rings is 3. The molecule has 2 aliphatic rings. The Morgan fingerprint density at radius 2 is 1.86 bits per heavy atom. The molecule has 1 heteroatoms. The van der Waals surface area contributed by atoms with Crippen molar-refractivity contribution in [3.8, 4) is 11.3 Å². The fraction of sp³-hybridized carbons (Fsp3) is 0.143. The molecule has 2 aliphatic carbocycles. The van der Waals surface area contributed by atoms with E-state index in [4.69, 9.17) is 0 Å².